The highest BCUT2D eigenvalue weighted by Gasteiger charge is 2.33. The van der Waals surface area contributed by atoms with Gasteiger partial charge in [-0.15, -0.1) is 0 Å². The Bertz CT molecular complexity index is 420. The third-order valence-electron chi connectivity index (χ3n) is 2.83. The molecule has 17 heavy (non-hydrogen) atoms. The molecule has 0 aromatic carbocycles. The van der Waals surface area contributed by atoms with Crippen LogP contribution in [0.2, 0.25) is 0 Å². The van der Waals surface area contributed by atoms with E-state index in [0.29, 0.717) is 19.5 Å². The van der Waals surface area contributed by atoms with Crippen LogP contribution < -0.4 is 0 Å². The monoisotopic (exact) mass is 229 g/mol. The molecule has 1 fully saturated rings. The summed E-state index contributed by atoms with van der Waals surface area (Å²) in [6.45, 7) is 1.07. The maximum atomic E-state index is 12.0. The molecule has 1 amide bonds. The molecule has 1 aromatic heterocycles. The normalized spacial score (nSPS) is 14.1. The van der Waals surface area contributed by atoms with Crippen LogP contribution in [-0.4, -0.2) is 22.3 Å². The summed E-state index contributed by atoms with van der Waals surface area (Å²) in [6, 6.07) is 5.90. The number of amides is 1. The summed E-state index contributed by atoms with van der Waals surface area (Å²) in [7, 11) is 0. The zero-order valence-corrected chi connectivity index (χ0v) is 9.67. The fourth-order valence-electron chi connectivity index (χ4n) is 1.75. The highest BCUT2D eigenvalue weighted by atomic mass is 16.2. The summed E-state index contributed by atoms with van der Waals surface area (Å²) in [5.74, 6) is 0.384. The van der Waals surface area contributed by atoms with Gasteiger partial charge in [-0.05, 0) is 24.5 Å². The van der Waals surface area contributed by atoms with Crippen LogP contribution in [0.1, 0.15) is 24.8 Å². The molecule has 88 valence electrons. The molecule has 4 heteroatoms. The molecule has 0 aliphatic heterocycles. The summed E-state index contributed by atoms with van der Waals surface area (Å²) in [5, 5.41) is 8.62. The number of hydrogen-bond acceptors (Lipinski definition) is 3. The zero-order chi connectivity index (χ0) is 12.1. The van der Waals surface area contributed by atoms with Crippen molar-refractivity contribution in [2.45, 2.75) is 25.8 Å². The van der Waals surface area contributed by atoms with Crippen molar-refractivity contribution in [3.8, 4) is 6.07 Å². The Morgan fingerprint density at radius 3 is 3.00 bits per heavy atom. The van der Waals surface area contributed by atoms with E-state index in [9.17, 15) is 4.79 Å². The molecule has 0 N–H and O–H groups in total. The van der Waals surface area contributed by atoms with E-state index in [4.69, 9.17) is 5.26 Å². The number of nitrogens with zero attached hydrogens (tertiary/aromatic N) is 3. The summed E-state index contributed by atoms with van der Waals surface area (Å²) in [4.78, 5) is 17.8. The van der Waals surface area contributed by atoms with Crippen LogP contribution in [0.3, 0.4) is 0 Å². The first-order chi connectivity index (χ1) is 8.31. The van der Waals surface area contributed by atoms with Crippen molar-refractivity contribution in [2.24, 2.45) is 5.92 Å². The Kier molecular flexibility index (Phi) is 3.71. The number of hydrogen-bond donors (Lipinski definition) is 0. The van der Waals surface area contributed by atoms with Gasteiger partial charge in [0, 0.05) is 31.4 Å². The summed E-state index contributed by atoms with van der Waals surface area (Å²) >= 11 is 0. The number of carbonyl (C=O) groups excluding carboxylic acids is 1. The highest BCUT2D eigenvalue weighted by Crippen LogP contribution is 2.31. The Labute approximate surface area is 101 Å². The average molecular weight is 229 g/mol. The van der Waals surface area contributed by atoms with Gasteiger partial charge in [-0.3, -0.25) is 9.78 Å². The second kappa shape index (κ2) is 5.44. The molecule has 0 atom stereocenters. The second-order valence-corrected chi connectivity index (χ2v) is 4.30. The number of rotatable bonds is 5. The number of aromatic nitrogens is 1. The van der Waals surface area contributed by atoms with Crippen LogP contribution in [0.4, 0.5) is 0 Å². The molecule has 0 radical (unpaired) electrons. The van der Waals surface area contributed by atoms with Crippen LogP contribution in [0, 0.1) is 17.2 Å². The van der Waals surface area contributed by atoms with Crippen LogP contribution in [-0.2, 0) is 11.3 Å². The quantitative estimate of drug-likeness (QED) is 0.772. The minimum Gasteiger partial charge on any atom is -0.337 e. The van der Waals surface area contributed by atoms with Gasteiger partial charge in [0.15, 0.2) is 0 Å². The number of carbonyl (C=O) groups is 1. The van der Waals surface area contributed by atoms with Crippen molar-refractivity contribution in [3.63, 3.8) is 0 Å². The van der Waals surface area contributed by atoms with Crippen LogP contribution in [0.15, 0.2) is 24.5 Å². The maximum absolute atomic E-state index is 12.0. The molecule has 1 aliphatic carbocycles. The number of pyridine rings is 1. The van der Waals surface area contributed by atoms with Crippen LogP contribution >= 0.6 is 0 Å². The van der Waals surface area contributed by atoms with Gasteiger partial charge in [-0.25, -0.2) is 0 Å². The van der Waals surface area contributed by atoms with Gasteiger partial charge < -0.3 is 4.90 Å². The zero-order valence-electron chi connectivity index (χ0n) is 9.67. The molecular formula is C13H15N3O. The minimum atomic E-state index is 0.184. The molecule has 1 aromatic rings. The van der Waals surface area contributed by atoms with Crippen LogP contribution in [0.5, 0.6) is 0 Å². The SMILES string of the molecule is N#CCCN(Cc1cccnc1)C(=O)C1CC1. The lowest BCUT2D eigenvalue weighted by Crippen LogP contribution is -2.32. The molecule has 1 heterocycles. The third-order valence-corrected chi connectivity index (χ3v) is 2.83. The molecule has 0 saturated heterocycles. The first-order valence-corrected chi connectivity index (χ1v) is 5.86. The van der Waals surface area contributed by atoms with Crippen molar-refractivity contribution in [2.75, 3.05) is 6.54 Å². The van der Waals surface area contributed by atoms with Crippen molar-refractivity contribution in [3.05, 3.63) is 30.1 Å². The van der Waals surface area contributed by atoms with Gasteiger partial charge in [-0.1, -0.05) is 6.07 Å². The second-order valence-electron chi connectivity index (χ2n) is 4.30. The molecule has 0 unspecified atom stereocenters. The fourth-order valence-corrected chi connectivity index (χ4v) is 1.75. The van der Waals surface area contributed by atoms with Crippen molar-refractivity contribution < 1.29 is 4.79 Å². The van der Waals surface area contributed by atoms with E-state index < -0.39 is 0 Å². The van der Waals surface area contributed by atoms with E-state index in [0.717, 1.165) is 18.4 Å². The van der Waals surface area contributed by atoms with Gasteiger partial charge in [0.1, 0.15) is 0 Å². The summed E-state index contributed by atoms with van der Waals surface area (Å²) in [5.41, 5.74) is 1.01. The number of nitriles is 1. The average Bonchev–Trinajstić information content (AvgIpc) is 3.19. The van der Waals surface area contributed by atoms with Crippen molar-refractivity contribution in [1.29, 1.82) is 5.26 Å². The van der Waals surface area contributed by atoms with E-state index in [1.807, 2.05) is 12.1 Å². The van der Waals surface area contributed by atoms with Gasteiger partial charge in [0.25, 0.3) is 0 Å². The van der Waals surface area contributed by atoms with Crippen LogP contribution in [0.25, 0.3) is 0 Å². The molecular weight excluding hydrogens is 214 g/mol. The summed E-state index contributed by atoms with van der Waals surface area (Å²) < 4.78 is 0. The molecule has 2 rings (SSSR count). The predicted octanol–water partition coefficient (Wildman–Crippen LogP) is 1.73. The fraction of sp³-hybridized carbons (Fsp3) is 0.462. The highest BCUT2D eigenvalue weighted by molar-refractivity contribution is 5.81. The smallest absolute Gasteiger partial charge is 0.226 e. The summed E-state index contributed by atoms with van der Waals surface area (Å²) in [6.07, 6.45) is 5.86. The molecule has 1 aliphatic rings. The standard InChI is InChI=1S/C13H15N3O/c14-6-2-8-16(13(17)12-4-5-12)10-11-3-1-7-15-9-11/h1,3,7,9,12H,2,4-5,8,10H2. The first-order valence-electron chi connectivity index (χ1n) is 5.86. The van der Waals surface area contributed by atoms with E-state index in [1.54, 1.807) is 17.3 Å². The van der Waals surface area contributed by atoms with Crippen molar-refractivity contribution >= 4 is 5.91 Å². The van der Waals surface area contributed by atoms with Gasteiger partial charge in [-0.2, -0.15) is 5.26 Å². The van der Waals surface area contributed by atoms with E-state index >= 15 is 0 Å². The van der Waals surface area contributed by atoms with Crippen molar-refractivity contribution in [1.82, 2.24) is 9.88 Å². The van der Waals surface area contributed by atoms with E-state index in [2.05, 4.69) is 11.1 Å². The Hall–Kier alpha value is -1.89. The molecule has 1 saturated carbocycles. The predicted molar refractivity (Wildman–Crippen MR) is 62.6 cm³/mol. The lowest BCUT2D eigenvalue weighted by molar-refractivity contribution is -0.133. The Morgan fingerprint density at radius 2 is 2.41 bits per heavy atom. The lowest BCUT2D eigenvalue weighted by Gasteiger charge is -2.21. The third kappa shape index (κ3) is 3.28. The minimum absolute atomic E-state index is 0.184. The first kappa shape index (κ1) is 11.6. The van der Waals surface area contributed by atoms with Gasteiger partial charge >= 0.3 is 0 Å². The van der Waals surface area contributed by atoms with Gasteiger partial charge in [0.05, 0.1) is 12.5 Å². The topological polar surface area (TPSA) is 57.0 Å². The maximum Gasteiger partial charge on any atom is 0.226 e. The molecule has 0 bridgehead atoms. The van der Waals surface area contributed by atoms with Gasteiger partial charge in [0.2, 0.25) is 5.91 Å². The molecule has 4 nitrogen and oxygen atoms in total. The van der Waals surface area contributed by atoms with E-state index in [1.165, 1.54) is 0 Å². The largest absolute Gasteiger partial charge is 0.337 e. The molecule has 0 spiro atoms. The Balaban J connectivity index is 2.00. The van der Waals surface area contributed by atoms with E-state index in [-0.39, 0.29) is 11.8 Å². The lowest BCUT2D eigenvalue weighted by atomic mass is 10.2. The Morgan fingerprint density at radius 1 is 1.59 bits per heavy atom.